The number of aliphatic hydroxyl groups excluding tert-OH is 2. The van der Waals surface area contributed by atoms with Gasteiger partial charge in [-0.3, -0.25) is 9.35 Å². The first-order valence-corrected chi connectivity index (χ1v) is 6.50. The number of ether oxygens (including phenoxy) is 1. The van der Waals surface area contributed by atoms with Gasteiger partial charge < -0.3 is 25.8 Å². The molecule has 0 aromatic rings. The Bertz CT molecular complexity index is 451. The quantitative estimate of drug-likeness (QED) is 0.328. The van der Waals surface area contributed by atoms with Crippen molar-refractivity contribution in [2.24, 2.45) is 5.73 Å². The Hall–Kier alpha value is -0.660. The molecule has 1 saturated heterocycles. The molecular weight excluding hydrogens is 286 g/mol. The van der Waals surface area contributed by atoms with Crippen molar-refractivity contribution in [3.63, 3.8) is 0 Å². The van der Waals surface area contributed by atoms with Gasteiger partial charge in [-0.1, -0.05) is 0 Å². The third-order valence-corrected chi connectivity index (χ3v) is 3.20. The van der Waals surface area contributed by atoms with Gasteiger partial charge >= 0.3 is 10.4 Å². The zero-order valence-electron chi connectivity index (χ0n) is 9.83. The van der Waals surface area contributed by atoms with Gasteiger partial charge in [0.05, 0.1) is 12.6 Å². The molecule has 0 radical (unpaired) electrons. The van der Waals surface area contributed by atoms with E-state index in [-0.39, 0.29) is 0 Å². The molecule has 0 unspecified atom stereocenters. The summed E-state index contributed by atoms with van der Waals surface area (Å²) in [6.07, 6.45) is -5.04. The highest BCUT2D eigenvalue weighted by Crippen LogP contribution is 2.28. The van der Waals surface area contributed by atoms with Crippen molar-refractivity contribution >= 4 is 16.2 Å². The lowest BCUT2D eigenvalue weighted by molar-refractivity contribution is -0.295. The first-order valence-electron chi connectivity index (χ1n) is 5.14. The van der Waals surface area contributed by atoms with Crippen molar-refractivity contribution in [2.75, 3.05) is 6.61 Å². The predicted octanol–water partition coefficient (Wildman–Crippen LogP) is -3.47. The maximum atomic E-state index is 11.3. The summed E-state index contributed by atoms with van der Waals surface area (Å²) in [7, 11) is -4.81. The number of hydrogen-bond acceptors (Lipinski definition) is 9. The van der Waals surface area contributed by atoms with E-state index in [0.717, 1.165) is 6.92 Å². The zero-order valence-corrected chi connectivity index (χ0v) is 10.6. The van der Waals surface area contributed by atoms with Gasteiger partial charge in [-0.25, -0.2) is 4.18 Å². The minimum Gasteiger partial charge on any atom is -0.388 e. The fourth-order valence-electron chi connectivity index (χ4n) is 1.65. The third-order valence-electron chi connectivity index (χ3n) is 2.77. The number of hydrogen-bond donors (Lipinski definition) is 5. The van der Waals surface area contributed by atoms with Crippen molar-refractivity contribution in [1.29, 1.82) is 0 Å². The normalized spacial score (nSPS) is 40.1. The molecule has 1 heterocycles. The van der Waals surface area contributed by atoms with Gasteiger partial charge in [-0.05, 0) is 0 Å². The molecule has 1 rings (SSSR count). The maximum absolute atomic E-state index is 11.3. The Labute approximate surface area is 108 Å². The van der Waals surface area contributed by atoms with Crippen LogP contribution in [0.15, 0.2) is 0 Å². The molecule has 1 aliphatic heterocycles. The topological polar surface area (TPSA) is 177 Å². The van der Waals surface area contributed by atoms with Gasteiger partial charge in [0.25, 0.3) is 0 Å². The van der Waals surface area contributed by atoms with Crippen LogP contribution in [0.5, 0.6) is 0 Å². The Morgan fingerprint density at radius 3 is 2.37 bits per heavy atom. The number of carbonyl (C=O) groups excluding carboxylic acids is 1. The van der Waals surface area contributed by atoms with Crippen LogP contribution in [0.4, 0.5) is 0 Å². The average molecular weight is 301 g/mol. The van der Waals surface area contributed by atoms with Crippen LogP contribution >= 0.6 is 0 Å². The largest absolute Gasteiger partial charge is 0.397 e. The van der Waals surface area contributed by atoms with Crippen LogP contribution < -0.4 is 5.73 Å². The Kier molecular flexibility index (Phi) is 4.64. The van der Waals surface area contributed by atoms with E-state index in [1.807, 2.05) is 0 Å². The van der Waals surface area contributed by atoms with Crippen molar-refractivity contribution in [1.82, 2.24) is 0 Å². The standard InChI is InChI=1S/C8H15NO9S/c1-3(10)8(13)7(9)6(12)5(11)4(18-8)2-17-19(14,15)16/h4-7,11-13H,2,9H2,1H3,(H,14,15,16)/t4-,5+,6+,7-,8-/m1/s1. The third kappa shape index (κ3) is 3.46. The van der Waals surface area contributed by atoms with Crippen molar-refractivity contribution < 1.29 is 42.0 Å². The van der Waals surface area contributed by atoms with E-state index in [1.165, 1.54) is 0 Å². The highest BCUT2D eigenvalue weighted by molar-refractivity contribution is 7.80. The molecule has 0 saturated carbocycles. The molecule has 11 heteroatoms. The van der Waals surface area contributed by atoms with Gasteiger partial charge in [0.2, 0.25) is 5.79 Å². The first kappa shape index (κ1) is 16.4. The molecule has 0 aromatic carbocycles. The molecule has 10 nitrogen and oxygen atoms in total. The molecule has 19 heavy (non-hydrogen) atoms. The Morgan fingerprint density at radius 2 is 1.95 bits per heavy atom. The van der Waals surface area contributed by atoms with Crippen molar-refractivity contribution in [3.8, 4) is 0 Å². The number of aliphatic hydroxyl groups is 3. The van der Waals surface area contributed by atoms with Crippen LogP contribution in [0.2, 0.25) is 0 Å². The number of carbonyl (C=O) groups is 1. The summed E-state index contributed by atoms with van der Waals surface area (Å²) in [5.74, 6) is -3.53. The van der Waals surface area contributed by atoms with E-state index >= 15 is 0 Å². The van der Waals surface area contributed by atoms with E-state index in [2.05, 4.69) is 4.18 Å². The molecule has 6 N–H and O–H groups in total. The summed E-state index contributed by atoms with van der Waals surface area (Å²) in [6.45, 7) is 0.0182. The summed E-state index contributed by atoms with van der Waals surface area (Å²) >= 11 is 0. The number of rotatable bonds is 4. The molecule has 0 bridgehead atoms. The van der Waals surface area contributed by atoms with E-state index in [1.54, 1.807) is 0 Å². The fourth-order valence-corrected chi connectivity index (χ4v) is 1.95. The second-order valence-electron chi connectivity index (χ2n) is 4.13. The summed E-state index contributed by atoms with van der Waals surface area (Å²) in [5.41, 5.74) is 5.38. The number of Topliss-reactive ketones (excluding diaryl/α,β-unsaturated/α-hetero) is 1. The molecule has 5 atom stereocenters. The Morgan fingerprint density at radius 1 is 1.42 bits per heavy atom. The van der Waals surface area contributed by atoms with E-state index in [0.29, 0.717) is 0 Å². The van der Waals surface area contributed by atoms with Crippen LogP contribution in [0, 0.1) is 0 Å². The highest BCUT2D eigenvalue weighted by Gasteiger charge is 2.54. The van der Waals surface area contributed by atoms with Gasteiger partial charge in [0.1, 0.15) is 18.3 Å². The summed E-state index contributed by atoms with van der Waals surface area (Å²) in [4.78, 5) is 11.3. The minimum absolute atomic E-state index is 0.917. The van der Waals surface area contributed by atoms with Gasteiger partial charge in [-0.15, -0.1) is 0 Å². The van der Waals surface area contributed by atoms with Crippen LogP contribution in [-0.4, -0.2) is 70.8 Å². The smallest absolute Gasteiger partial charge is 0.388 e. The molecule has 0 spiro atoms. The zero-order chi connectivity index (χ0) is 15.0. The maximum Gasteiger partial charge on any atom is 0.397 e. The fraction of sp³-hybridized carbons (Fsp3) is 0.875. The lowest BCUT2D eigenvalue weighted by atomic mass is 9.89. The van der Waals surface area contributed by atoms with Crippen LogP contribution in [0.3, 0.4) is 0 Å². The molecule has 0 aromatic heterocycles. The van der Waals surface area contributed by atoms with Crippen molar-refractivity contribution in [3.05, 3.63) is 0 Å². The average Bonchev–Trinajstić information content (AvgIpc) is 2.28. The Balaban J connectivity index is 2.91. The van der Waals surface area contributed by atoms with E-state index in [9.17, 15) is 28.5 Å². The van der Waals surface area contributed by atoms with Crippen LogP contribution in [-0.2, 0) is 24.1 Å². The van der Waals surface area contributed by atoms with Crippen LogP contribution in [0.25, 0.3) is 0 Å². The molecule has 112 valence electrons. The lowest BCUT2D eigenvalue weighted by Crippen LogP contribution is -2.70. The summed E-state index contributed by atoms with van der Waals surface area (Å²) in [6, 6.07) is -1.62. The summed E-state index contributed by atoms with van der Waals surface area (Å²) < 4.78 is 38.0. The number of ketones is 1. The van der Waals surface area contributed by atoms with Crippen molar-refractivity contribution in [2.45, 2.75) is 37.1 Å². The first-order chi connectivity index (χ1) is 8.49. The monoisotopic (exact) mass is 301 g/mol. The molecule has 1 fully saturated rings. The highest BCUT2D eigenvalue weighted by atomic mass is 32.3. The van der Waals surface area contributed by atoms with Gasteiger partial charge in [-0.2, -0.15) is 8.42 Å². The van der Waals surface area contributed by atoms with E-state index in [4.69, 9.17) is 15.0 Å². The second kappa shape index (κ2) is 5.38. The SMILES string of the molecule is CC(=O)[C@@]1(O)O[C@H](COS(=O)(=O)O)[C@H](O)[C@H](O)[C@H]1N. The van der Waals surface area contributed by atoms with Crippen LogP contribution in [0.1, 0.15) is 6.92 Å². The second-order valence-corrected chi connectivity index (χ2v) is 5.22. The molecule has 1 aliphatic rings. The molecular formula is C8H15NO9S. The van der Waals surface area contributed by atoms with Gasteiger partial charge in [0.15, 0.2) is 5.78 Å². The van der Waals surface area contributed by atoms with E-state index < -0.39 is 52.9 Å². The molecule has 0 aliphatic carbocycles. The van der Waals surface area contributed by atoms with Gasteiger partial charge in [0, 0.05) is 6.92 Å². The minimum atomic E-state index is -4.81. The number of nitrogens with two attached hydrogens (primary N) is 1. The molecule has 0 amide bonds. The lowest BCUT2D eigenvalue weighted by Gasteiger charge is -2.44. The summed E-state index contributed by atoms with van der Waals surface area (Å²) in [5, 5.41) is 29.1. The predicted molar refractivity (Wildman–Crippen MR) is 58.0 cm³/mol.